The third-order valence-electron chi connectivity index (χ3n) is 4.75. The second-order valence-corrected chi connectivity index (χ2v) is 7.44. The molecule has 0 saturated carbocycles. The van der Waals surface area contributed by atoms with Crippen LogP contribution < -0.4 is 20.9 Å². The summed E-state index contributed by atoms with van der Waals surface area (Å²) in [6.07, 6.45) is 3.25. The van der Waals surface area contributed by atoms with Gasteiger partial charge in [0.05, 0.1) is 12.3 Å². The first-order valence-electron chi connectivity index (χ1n) is 9.54. The Morgan fingerprint density at radius 1 is 1.38 bits per heavy atom. The maximum Gasteiger partial charge on any atom is 0.270 e. The molecule has 0 radical (unpaired) electrons. The number of fused-ring (bicyclic) bond motifs is 1. The second-order valence-electron chi connectivity index (χ2n) is 7.44. The van der Waals surface area contributed by atoms with Gasteiger partial charge in [0.25, 0.3) is 5.56 Å². The van der Waals surface area contributed by atoms with E-state index in [9.17, 15) is 9.59 Å². The van der Waals surface area contributed by atoms with Crippen molar-refractivity contribution in [1.82, 2.24) is 29.7 Å². The molecule has 1 fully saturated rings. The van der Waals surface area contributed by atoms with E-state index in [-0.39, 0.29) is 23.9 Å². The topological polar surface area (TPSA) is 115 Å². The summed E-state index contributed by atoms with van der Waals surface area (Å²) in [5, 5.41) is 18.1. The van der Waals surface area contributed by atoms with Crippen molar-refractivity contribution >= 4 is 17.2 Å². The molecule has 10 heteroatoms. The van der Waals surface area contributed by atoms with Gasteiger partial charge in [-0.05, 0) is 12.1 Å². The van der Waals surface area contributed by atoms with Crippen LogP contribution in [0.15, 0.2) is 35.5 Å². The molecule has 1 saturated heterocycles. The number of anilines is 1. The molecule has 4 rings (SSSR count). The smallest absolute Gasteiger partial charge is 0.270 e. The number of nitrogens with one attached hydrogen (secondary N) is 2. The van der Waals surface area contributed by atoms with Gasteiger partial charge in [-0.3, -0.25) is 14.0 Å². The summed E-state index contributed by atoms with van der Waals surface area (Å²) in [6, 6.07) is 4.89. The van der Waals surface area contributed by atoms with Gasteiger partial charge in [0.15, 0.2) is 5.65 Å². The van der Waals surface area contributed by atoms with Crippen LogP contribution in [0.25, 0.3) is 5.65 Å². The van der Waals surface area contributed by atoms with Gasteiger partial charge in [-0.2, -0.15) is 5.10 Å². The molecule has 3 aromatic heterocycles. The molecular formula is C19H23N7O3. The summed E-state index contributed by atoms with van der Waals surface area (Å²) in [5.74, 6) is 0.643. The number of hydrogen-bond donors (Lipinski definition) is 2. The zero-order valence-corrected chi connectivity index (χ0v) is 16.3. The Balaban J connectivity index is 1.48. The highest BCUT2D eigenvalue weighted by Crippen LogP contribution is 2.23. The van der Waals surface area contributed by atoms with Crippen molar-refractivity contribution < 1.29 is 9.53 Å². The first kappa shape index (κ1) is 19.1. The van der Waals surface area contributed by atoms with Crippen LogP contribution in [0.1, 0.15) is 25.5 Å². The lowest BCUT2D eigenvalue weighted by Crippen LogP contribution is -2.45. The fourth-order valence-corrected chi connectivity index (χ4v) is 3.03. The quantitative estimate of drug-likeness (QED) is 0.601. The largest absolute Gasteiger partial charge is 0.491 e. The molecule has 152 valence electrons. The van der Waals surface area contributed by atoms with E-state index in [1.165, 1.54) is 10.7 Å². The minimum Gasteiger partial charge on any atom is -0.491 e. The highest BCUT2D eigenvalue weighted by atomic mass is 16.5. The monoisotopic (exact) mass is 397 g/mol. The predicted molar refractivity (Wildman–Crippen MR) is 106 cm³/mol. The molecule has 0 aliphatic carbocycles. The minimum absolute atomic E-state index is 0.0515. The molecule has 1 amide bonds. The van der Waals surface area contributed by atoms with Crippen LogP contribution in [0, 0.1) is 5.92 Å². The van der Waals surface area contributed by atoms with Gasteiger partial charge < -0.3 is 15.4 Å². The molecule has 29 heavy (non-hydrogen) atoms. The maximum absolute atomic E-state index is 12.5. The summed E-state index contributed by atoms with van der Waals surface area (Å²) in [6.45, 7) is 6.15. The molecule has 10 nitrogen and oxygen atoms in total. The van der Waals surface area contributed by atoms with Crippen molar-refractivity contribution in [1.29, 1.82) is 0 Å². The summed E-state index contributed by atoms with van der Waals surface area (Å²) >= 11 is 0. The van der Waals surface area contributed by atoms with E-state index in [1.807, 2.05) is 13.8 Å². The van der Waals surface area contributed by atoms with Crippen LogP contribution in [0.2, 0.25) is 0 Å². The molecule has 2 N–H and O–H groups in total. The second kappa shape index (κ2) is 8.00. The lowest BCUT2D eigenvalue weighted by atomic mass is 10.1. The van der Waals surface area contributed by atoms with Crippen molar-refractivity contribution in [3.05, 3.63) is 46.8 Å². The Morgan fingerprint density at radius 3 is 2.93 bits per heavy atom. The van der Waals surface area contributed by atoms with Gasteiger partial charge in [0.1, 0.15) is 24.3 Å². The Labute approximate surface area is 166 Å². The third kappa shape index (κ3) is 4.27. The lowest BCUT2D eigenvalue weighted by molar-refractivity contribution is -0.117. The van der Waals surface area contributed by atoms with Crippen molar-refractivity contribution in [3.8, 4) is 5.75 Å². The van der Waals surface area contributed by atoms with Crippen LogP contribution in [0.3, 0.4) is 0 Å². The molecule has 0 unspecified atom stereocenters. The summed E-state index contributed by atoms with van der Waals surface area (Å²) in [7, 11) is 0. The Morgan fingerprint density at radius 2 is 2.21 bits per heavy atom. The Hall–Kier alpha value is -3.27. The minimum atomic E-state index is -0.374. The fraction of sp³-hybridized carbons (Fsp3) is 0.421. The first-order chi connectivity index (χ1) is 14.0. The third-order valence-corrected chi connectivity index (χ3v) is 4.75. The molecule has 3 aromatic rings. The average molecular weight is 397 g/mol. The number of hydrogen-bond acceptors (Lipinski definition) is 7. The van der Waals surface area contributed by atoms with Gasteiger partial charge >= 0.3 is 0 Å². The standard InChI is InChI=1S/C19H23N7O3/c1-12(2)19-15(29-10-13-6-20-7-13)5-18(28)26(24-19)9-17(27)22-14-3-4-16-23-21-11-25(16)8-14/h3-5,8,11-13,20H,6-7,9-10H2,1-2H3,(H,22,27). The number of rotatable bonds is 7. The molecule has 1 aliphatic rings. The van der Waals surface area contributed by atoms with Crippen molar-refractivity contribution in [2.45, 2.75) is 26.3 Å². The van der Waals surface area contributed by atoms with Crippen molar-refractivity contribution in [3.63, 3.8) is 0 Å². The van der Waals surface area contributed by atoms with Crippen LogP contribution in [-0.2, 0) is 11.3 Å². The number of ether oxygens (including phenoxy) is 1. The van der Waals surface area contributed by atoms with Crippen LogP contribution in [0.4, 0.5) is 5.69 Å². The molecule has 4 heterocycles. The Bertz CT molecular complexity index is 1080. The van der Waals surface area contributed by atoms with Crippen LogP contribution >= 0.6 is 0 Å². The van der Waals surface area contributed by atoms with Gasteiger partial charge in [0.2, 0.25) is 5.91 Å². The molecular weight excluding hydrogens is 374 g/mol. The van der Waals surface area contributed by atoms with E-state index >= 15 is 0 Å². The molecule has 0 aromatic carbocycles. The van der Waals surface area contributed by atoms with E-state index in [0.29, 0.717) is 35.3 Å². The van der Waals surface area contributed by atoms with E-state index in [1.54, 1.807) is 29.1 Å². The zero-order chi connectivity index (χ0) is 20.4. The maximum atomic E-state index is 12.5. The van der Waals surface area contributed by atoms with E-state index in [4.69, 9.17) is 4.74 Å². The molecule has 0 spiro atoms. The van der Waals surface area contributed by atoms with Crippen LogP contribution in [-0.4, -0.2) is 50.0 Å². The summed E-state index contributed by atoms with van der Waals surface area (Å²) < 4.78 is 8.70. The molecule has 0 bridgehead atoms. The van der Waals surface area contributed by atoms with Crippen LogP contribution in [0.5, 0.6) is 5.75 Å². The number of pyridine rings is 1. The number of aromatic nitrogens is 5. The Kier molecular flexibility index (Phi) is 5.26. The lowest BCUT2D eigenvalue weighted by Gasteiger charge is -2.27. The highest BCUT2D eigenvalue weighted by molar-refractivity contribution is 5.90. The van der Waals surface area contributed by atoms with Gasteiger partial charge in [-0.1, -0.05) is 13.8 Å². The molecule has 1 aliphatic heterocycles. The average Bonchev–Trinajstić information content (AvgIpc) is 3.10. The van der Waals surface area contributed by atoms with E-state index in [0.717, 1.165) is 13.1 Å². The summed E-state index contributed by atoms with van der Waals surface area (Å²) in [4.78, 5) is 24.9. The fourth-order valence-electron chi connectivity index (χ4n) is 3.03. The van der Waals surface area contributed by atoms with E-state index in [2.05, 4.69) is 25.9 Å². The zero-order valence-electron chi connectivity index (χ0n) is 16.3. The van der Waals surface area contributed by atoms with E-state index < -0.39 is 0 Å². The van der Waals surface area contributed by atoms with Gasteiger partial charge in [-0.15, -0.1) is 10.2 Å². The number of nitrogens with zero attached hydrogens (tertiary/aromatic N) is 5. The predicted octanol–water partition coefficient (Wildman–Crippen LogP) is 0.646. The van der Waals surface area contributed by atoms with Gasteiger partial charge in [0, 0.05) is 37.2 Å². The van der Waals surface area contributed by atoms with Crippen molar-refractivity contribution in [2.24, 2.45) is 5.92 Å². The van der Waals surface area contributed by atoms with Gasteiger partial charge in [-0.25, -0.2) is 4.68 Å². The highest BCUT2D eigenvalue weighted by Gasteiger charge is 2.20. The summed E-state index contributed by atoms with van der Waals surface area (Å²) in [5.41, 5.74) is 1.54. The SMILES string of the molecule is CC(C)c1nn(CC(=O)Nc2ccc3nncn3c2)c(=O)cc1OCC1CNC1. The number of carbonyl (C=O) groups is 1. The molecule has 0 atom stereocenters. The number of amides is 1. The number of carbonyl (C=O) groups excluding carboxylic acids is 1. The van der Waals surface area contributed by atoms with Crippen molar-refractivity contribution in [2.75, 3.05) is 25.0 Å². The first-order valence-corrected chi connectivity index (χ1v) is 9.54. The normalized spacial score (nSPS) is 14.2.